The molecule has 0 spiro atoms. The molecule has 1 heterocycles. The topological polar surface area (TPSA) is 89.8 Å². The molecule has 0 amide bonds. The molecule has 0 unspecified atom stereocenters. The number of hydrogen-bond donors (Lipinski definition) is 1. The Morgan fingerprint density at radius 1 is 1.13 bits per heavy atom. The molecule has 3 rings (SSSR count). The molecule has 0 bridgehead atoms. The summed E-state index contributed by atoms with van der Waals surface area (Å²) < 4.78 is 12.7. The van der Waals surface area contributed by atoms with Gasteiger partial charge in [-0.1, -0.05) is 18.2 Å². The number of oxime groups is 1. The van der Waals surface area contributed by atoms with Gasteiger partial charge in [-0.05, 0) is 112 Å². The highest BCUT2D eigenvalue weighted by Gasteiger charge is 2.17. The van der Waals surface area contributed by atoms with Crippen LogP contribution in [-0.2, 0) is 11.9 Å². The van der Waals surface area contributed by atoms with Crippen molar-refractivity contribution < 1.29 is 14.0 Å². The van der Waals surface area contributed by atoms with Crippen molar-refractivity contribution in [3.05, 3.63) is 80.5 Å². The molecule has 0 fully saturated rings. The summed E-state index contributed by atoms with van der Waals surface area (Å²) in [5.41, 5.74) is 8.41. The van der Waals surface area contributed by atoms with Crippen molar-refractivity contribution in [2.75, 3.05) is 7.11 Å². The van der Waals surface area contributed by atoms with Crippen molar-refractivity contribution in [2.45, 2.75) is 67.2 Å². The van der Waals surface area contributed by atoms with E-state index in [1.165, 1.54) is 4.57 Å². The SMILES string of the molecule is C/C=C(/CCC/C=C(\c1cc(C)c(OC)c(C(=N)CC)c1)c1cc(C)c2oc(=O)n(C)c2c1)ON=C(C)C. The predicted octanol–water partition coefficient (Wildman–Crippen LogP) is 7.45. The zero-order valence-corrected chi connectivity index (χ0v) is 23.8. The minimum absolute atomic E-state index is 0.381. The minimum Gasteiger partial charge on any atom is -0.496 e. The van der Waals surface area contributed by atoms with Crippen LogP contribution in [0, 0.1) is 19.3 Å². The number of nitrogens with one attached hydrogen (secondary N) is 1. The van der Waals surface area contributed by atoms with E-state index in [-0.39, 0.29) is 5.76 Å². The highest BCUT2D eigenvalue weighted by molar-refractivity contribution is 6.02. The third kappa shape index (κ3) is 6.33. The Morgan fingerprint density at radius 3 is 2.45 bits per heavy atom. The number of methoxy groups -OCH3 is 1. The number of nitrogens with zero attached hydrogens (tertiary/aromatic N) is 2. The number of unbranched alkanes of at least 4 members (excludes halogenated alkanes) is 1. The normalized spacial score (nSPS) is 12.1. The fourth-order valence-electron chi connectivity index (χ4n) is 4.48. The summed E-state index contributed by atoms with van der Waals surface area (Å²) in [4.78, 5) is 17.8. The standard InChI is InChI=1S/C31H39N3O4/c1-9-24(38-33-19(3)4)13-11-12-14-25(22-15-20(5)29(36-8)26(17-22)27(32)10-2)23-16-21(6)30-28(18-23)34(7)31(35)37-30/h9,14-18,32H,10-13H2,1-8H3/b24-9-,25-14+,32-27?. The number of aryl methyl sites for hydroxylation is 3. The van der Waals surface area contributed by atoms with E-state index in [2.05, 4.69) is 23.4 Å². The van der Waals surface area contributed by atoms with Crippen LogP contribution >= 0.6 is 0 Å². The van der Waals surface area contributed by atoms with E-state index in [1.807, 2.05) is 59.8 Å². The molecule has 7 nitrogen and oxygen atoms in total. The van der Waals surface area contributed by atoms with Crippen LogP contribution in [-0.4, -0.2) is 23.1 Å². The van der Waals surface area contributed by atoms with Gasteiger partial charge in [-0.2, -0.15) is 0 Å². The van der Waals surface area contributed by atoms with Crippen molar-refractivity contribution in [3.63, 3.8) is 0 Å². The second-order valence-electron chi connectivity index (χ2n) is 9.67. The molecule has 38 heavy (non-hydrogen) atoms. The Balaban J connectivity index is 2.10. The number of hydrogen-bond acceptors (Lipinski definition) is 6. The number of aromatic nitrogens is 1. The Kier molecular flexibility index (Phi) is 9.50. The predicted molar refractivity (Wildman–Crippen MR) is 156 cm³/mol. The molecular weight excluding hydrogens is 478 g/mol. The maximum Gasteiger partial charge on any atom is 0.419 e. The molecular formula is C31H39N3O4. The highest BCUT2D eigenvalue weighted by atomic mass is 16.6. The first kappa shape index (κ1) is 28.7. The molecule has 202 valence electrons. The molecule has 0 aliphatic rings. The van der Waals surface area contributed by atoms with Crippen LogP contribution in [0.1, 0.15) is 81.2 Å². The summed E-state index contributed by atoms with van der Waals surface area (Å²) in [6.45, 7) is 11.7. The lowest BCUT2D eigenvalue weighted by molar-refractivity contribution is 0.214. The maximum atomic E-state index is 12.2. The van der Waals surface area contributed by atoms with Crippen LogP contribution in [0.15, 0.2) is 56.5 Å². The molecule has 1 aromatic heterocycles. The Morgan fingerprint density at radius 2 is 1.82 bits per heavy atom. The molecule has 0 aliphatic carbocycles. The van der Waals surface area contributed by atoms with Gasteiger partial charge in [0.1, 0.15) is 11.5 Å². The number of rotatable bonds is 11. The third-order valence-electron chi connectivity index (χ3n) is 6.50. The molecule has 0 aliphatic heterocycles. The van der Waals surface area contributed by atoms with E-state index in [9.17, 15) is 4.79 Å². The molecule has 7 heteroatoms. The maximum absolute atomic E-state index is 12.2. The summed E-state index contributed by atoms with van der Waals surface area (Å²) in [7, 11) is 3.37. The highest BCUT2D eigenvalue weighted by Crippen LogP contribution is 2.34. The summed E-state index contributed by atoms with van der Waals surface area (Å²) in [5, 5.41) is 12.6. The lowest BCUT2D eigenvalue weighted by atomic mass is 9.90. The Labute approximate surface area is 225 Å². The average Bonchev–Trinajstić information content (AvgIpc) is 3.18. The fourth-order valence-corrected chi connectivity index (χ4v) is 4.48. The van der Waals surface area contributed by atoms with Crippen molar-refractivity contribution in [3.8, 4) is 5.75 Å². The van der Waals surface area contributed by atoms with Gasteiger partial charge in [-0.3, -0.25) is 4.57 Å². The molecule has 0 atom stereocenters. The van der Waals surface area contributed by atoms with Crippen LogP contribution in [0.25, 0.3) is 16.7 Å². The lowest BCUT2D eigenvalue weighted by Gasteiger charge is -2.17. The molecule has 1 N–H and O–H groups in total. The zero-order chi connectivity index (χ0) is 28.0. The van der Waals surface area contributed by atoms with Crippen molar-refractivity contribution in [1.82, 2.24) is 4.57 Å². The van der Waals surface area contributed by atoms with Gasteiger partial charge in [0.05, 0.1) is 18.3 Å². The van der Waals surface area contributed by atoms with Crippen LogP contribution in [0.3, 0.4) is 0 Å². The van der Waals surface area contributed by atoms with E-state index in [0.717, 1.165) is 75.4 Å². The third-order valence-corrected chi connectivity index (χ3v) is 6.50. The largest absolute Gasteiger partial charge is 0.496 e. The Hall–Kier alpha value is -3.87. The lowest BCUT2D eigenvalue weighted by Crippen LogP contribution is -2.08. The quantitative estimate of drug-likeness (QED) is 0.124. The molecule has 3 aromatic rings. The van der Waals surface area contributed by atoms with Gasteiger partial charge in [0.15, 0.2) is 5.58 Å². The van der Waals surface area contributed by atoms with E-state index in [4.69, 9.17) is 19.4 Å². The van der Waals surface area contributed by atoms with E-state index < -0.39 is 0 Å². The average molecular weight is 518 g/mol. The number of oxazole rings is 1. The molecule has 0 saturated carbocycles. The van der Waals surface area contributed by atoms with Crippen molar-refractivity contribution in [1.29, 1.82) is 5.41 Å². The first-order chi connectivity index (χ1) is 18.1. The van der Waals surface area contributed by atoms with E-state index in [0.29, 0.717) is 17.7 Å². The number of fused-ring (bicyclic) bond motifs is 1. The first-order valence-electron chi connectivity index (χ1n) is 13.0. The van der Waals surface area contributed by atoms with Gasteiger partial charge in [0.25, 0.3) is 0 Å². The van der Waals surface area contributed by atoms with Crippen molar-refractivity contribution >= 4 is 28.1 Å². The van der Waals surface area contributed by atoms with Crippen LogP contribution in [0.5, 0.6) is 5.75 Å². The Bertz CT molecular complexity index is 1480. The number of benzene rings is 2. The van der Waals surface area contributed by atoms with Crippen LogP contribution in [0.2, 0.25) is 0 Å². The first-order valence-corrected chi connectivity index (χ1v) is 13.0. The van der Waals surface area contributed by atoms with Gasteiger partial charge in [-0.15, -0.1) is 0 Å². The van der Waals surface area contributed by atoms with Gasteiger partial charge < -0.3 is 19.4 Å². The number of ether oxygens (including phenoxy) is 1. The smallest absolute Gasteiger partial charge is 0.419 e. The van der Waals surface area contributed by atoms with Gasteiger partial charge in [0.2, 0.25) is 0 Å². The van der Waals surface area contributed by atoms with Gasteiger partial charge in [-0.25, -0.2) is 4.79 Å². The summed E-state index contributed by atoms with van der Waals surface area (Å²) >= 11 is 0. The summed E-state index contributed by atoms with van der Waals surface area (Å²) in [6, 6.07) is 8.20. The van der Waals surface area contributed by atoms with Crippen LogP contribution < -0.4 is 10.5 Å². The van der Waals surface area contributed by atoms with Crippen molar-refractivity contribution in [2.24, 2.45) is 12.2 Å². The molecule has 0 radical (unpaired) electrons. The monoisotopic (exact) mass is 517 g/mol. The van der Waals surface area contributed by atoms with Gasteiger partial charge >= 0.3 is 5.76 Å². The van der Waals surface area contributed by atoms with E-state index >= 15 is 0 Å². The summed E-state index contributed by atoms with van der Waals surface area (Å²) in [5.74, 6) is 1.19. The van der Waals surface area contributed by atoms with Gasteiger partial charge in [0, 0.05) is 24.7 Å². The second kappa shape index (κ2) is 12.6. The fraction of sp³-hybridized carbons (Fsp3) is 0.387. The van der Waals surface area contributed by atoms with E-state index in [1.54, 1.807) is 14.2 Å². The summed E-state index contributed by atoms with van der Waals surface area (Å²) in [6.07, 6.45) is 7.22. The molecule has 0 saturated heterocycles. The molecule has 2 aromatic carbocycles. The van der Waals surface area contributed by atoms with Crippen LogP contribution in [0.4, 0.5) is 0 Å². The minimum atomic E-state index is -0.381. The zero-order valence-electron chi connectivity index (χ0n) is 23.8. The second-order valence-corrected chi connectivity index (χ2v) is 9.67. The number of allylic oxidation sites excluding steroid dienone is 3.